The summed E-state index contributed by atoms with van der Waals surface area (Å²) in [7, 11) is 0. The molecule has 0 saturated heterocycles. The second-order valence-corrected chi connectivity index (χ2v) is 4.28. The molecule has 0 fully saturated rings. The van der Waals surface area contributed by atoms with E-state index in [0.717, 1.165) is 10.0 Å². The minimum absolute atomic E-state index is 0.0589. The fourth-order valence-corrected chi connectivity index (χ4v) is 1.32. The summed E-state index contributed by atoms with van der Waals surface area (Å²) in [6.45, 7) is 4.99. The minimum Gasteiger partial charge on any atom is -0.308 e. The molecule has 0 aliphatic rings. The number of halogens is 3. The minimum atomic E-state index is -2.39. The molecule has 4 heteroatoms. The summed E-state index contributed by atoms with van der Waals surface area (Å²) < 4.78 is 25.3. The highest BCUT2D eigenvalue weighted by Gasteiger charge is 2.05. The molecule has 0 atom stereocenters. The van der Waals surface area contributed by atoms with Gasteiger partial charge in [0.15, 0.2) is 0 Å². The van der Waals surface area contributed by atoms with Crippen LogP contribution < -0.4 is 5.32 Å². The Kier molecular flexibility index (Phi) is 4.91. The third-order valence-electron chi connectivity index (χ3n) is 1.88. The van der Waals surface area contributed by atoms with Gasteiger partial charge in [-0.25, -0.2) is 8.78 Å². The van der Waals surface area contributed by atoms with E-state index in [1.165, 1.54) is 12.1 Å². The smallest absolute Gasteiger partial charge is 0.263 e. The van der Waals surface area contributed by atoms with Crippen LogP contribution in [0.15, 0.2) is 35.3 Å². The van der Waals surface area contributed by atoms with Crippen LogP contribution in [0.25, 0.3) is 0 Å². The molecule has 0 saturated carbocycles. The highest BCUT2D eigenvalue weighted by atomic mass is 79.9. The van der Waals surface area contributed by atoms with Gasteiger partial charge in [-0.05, 0) is 5.56 Å². The fraction of sp³-hybridized carbons (Fsp3) is 0.273. The van der Waals surface area contributed by atoms with E-state index in [9.17, 15) is 8.78 Å². The van der Waals surface area contributed by atoms with E-state index in [1.807, 2.05) is 0 Å². The highest BCUT2D eigenvalue weighted by Crippen LogP contribution is 2.18. The normalized spacial score (nSPS) is 10.7. The Morgan fingerprint density at radius 1 is 1.33 bits per heavy atom. The van der Waals surface area contributed by atoms with Gasteiger partial charge in [-0.3, -0.25) is 0 Å². The van der Waals surface area contributed by atoms with Crippen molar-refractivity contribution in [3.05, 3.63) is 46.5 Å². The Bertz CT molecular complexity index is 322. The monoisotopic (exact) mass is 275 g/mol. The standard InChI is InChI=1S/C11H12BrF2N/c1-8(12)6-15-7-9-2-4-10(5-3-9)11(13)14/h2-5,11,15H,1,6-7H2. The fourth-order valence-electron chi connectivity index (χ4n) is 1.12. The number of hydrogen-bond acceptors (Lipinski definition) is 1. The Morgan fingerprint density at radius 2 is 1.93 bits per heavy atom. The number of alkyl halides is 2. The van der Waals surface area contributed by atoms with E-state index in [0.29, 0.717) is 13.1 Å². The van der Waals surface area contributed by atoms with Crippen LogP contribution in [0, 0.1) is 0 Å². The lowest BCUT2D eigenvalue weighted by atomic mass is 10.1. The quantitative estimate of drug-likeness (QED) is 0.866. The summed E-state index contributed by atoms with van der Waals surface area (Å²) in [5, 5.41) is 3.12. The van der Waals surface area contributed by atoms with Gasteiger partial charge in [0, 0.05) is 23.1 Å². The zero-order valence-corrected chi connectivity index (χ0v) is 9.73. The molecule has 0 aromatic heterocycles. The molecule has 1 rings (SSSR count). The second-order valence-electron chi connectivity index (χ2n) is 3.16. The Labute approximate surface area is 96.3 Å². The van der Waals surface area contributed by atoms with Gasteiger partial charge in [0.05, 0.1) is 0 Å². The van der Waals surface area contributed by atoms with E-state index >= 15 is 0 Å². The predicted octanol–water partition coefficient (Wildman–Crippen LogP) is 3.62. The largest absolute Gasteiger partial charge is 0.308 e. The van der Waals surface area contributed by atoms with Crippen molar-refractivity contribution in [3.8, 4) is 0 Å². The van der Waals surface area contributed by atoms with Crippen molar-refractivity contribution >= 4 is 15.9 Å². The van der Waals surface area contributed by atoms with Crippen molar-refractivity contribution in [2.24, 2.45) is 0 Å². The molecular formula is C11H12BrF2N. The molecule has 1 N–H and O–H groups in total. The van der Waals surface area contributed by atoms with Gasteiger partial charge in [0.1, 0.15) is 0 Å². The molecule has 0 aliphatic heterocycles. The van der Waals surface area contributed by atoms with Crippen LogP contribution in [0.3, 0.4) is 0 Å². The van der Waals surface area contributed by atoms with Crippen molar-refractivity contribution < 1.29 is 8.78 Å². The number of benzene rings is 1. The van der Waals surface area contributed by atoms with Gasteiger partial charge < -0.3 is 5.32 Å². The lowest BCUT2D eigenvalue weighted by Crippen LogP contribution is -2.14. The SMILES string of the molecule is C=C(Br)CNCc1ccc(C(F)F)cc1. The lowest BCUT2D eigenvalue weighted by molar-refractivity contribution is 0.151. The van der Waals surface area contributed by atoms with Crippen LogP contribution in [0.5, 0.6) is 0 Å². The number of rotatable bonds is 5. The first-order valence-corrected chi connectivity index (χ1v) is 5.30. The maximum Gasteiger partial charge on any atom is 0.263 e. The lowest BCUT2D eigenvalue weighted by Gasteiger charge is -2.05. The summed E-state index contributed by atoms with van der Waals surface area (Å²) in [5.41, 5.74) is 1.04. The van der Waals surface area contributed by atoms with Gasteiger partial charge in [0.25, 0.3) is 6.43 Å². The van der Waals surface area contributed by atoms with Crippen LogP contribution in [0.4, 0.5) is 8.78 Å². The summed E-state index contributed by atoms with van der Waals surface area (Å²) in [6.07, 6.45) is -2.39. The molecule has 15 heavy (non-hydrogen) atoms. The molecule has 0 amide bonds. The molecule has 1 aromatic carbocycles. The molecule has 0 radical (unpaired) electrons. The van der Waals surface area contributed by atoms with Crippen LogP contribution in [-0.2, 0) is 6.54 Å². The van der Waals surface area contributed by atoms with Crippen molar-refractivity contribution in [1.29, 1.82) is 0 Å². The maximum atomic E-state index is 12.2. The molecule has 0 heterocycles. The summed E-state index contributed by atoms with van der Waals surface area (Å²) in [5.74, 6) is 0. The third kappa shape index (κ3) is 4.53. The first-order chi connectivity index (χ1) is 7.09. The number of nitrogens with one attached hydrogen (secondary N) is 1. The summed E-state index contributed by atoms with van der Waals surface area (Å²) in [4.78, 5) is 0. The van der Waals surface area contributed by atoms with Crippen LogP contribution in [0.1, 0.15) is 17.6 Å². The van der Waals surface area contributed by atoms with Crippen molar-refractivity contribution in [1.82, 2.24) is 5.32 Å². The maximum absolute atomic E-state index is 12.2. The predicted molar refractivity (Wildman–Crippen MR) is 61.2 cm³/mol. The summed E-state index contributed by atoms with van der Waals surface area (Å²) in [6, 6.07) is 6.30. The molecule has 0 unspecified atom stereocenters. The molecule has 0 bridgehead atoms. The highest BCUT2D eigenvalue weighted by molar-refractivity contribution is 9.11. The molecule has 0 spiro atoms. The Balaban J connectivity index is 2.46. The third-order valence-corrected chi connectivity index (χ3v) is 2.16. The van der Waals surface area contributed by atoms with Gasteiger partial charge in [-0.15, -0.1) is 0 Å². The van der Waals surface area contributed by atoms with E-state index in [2.05, 4.69) is 27.8 Å². The molecule has 1 nitrogen and oxygen atoms in total. The van der Waals surface area contributed by atoms with Crippen molar-refractivity contribution in [3.63, 3.8) is 0 Å². The summed E-state index contributed by atoms with van der Waals surface area (Å²) >= 11 is 3.22. The molecule has 0 aliphatic carbocycles. The van der Waals surface area contributed by atoms with Crippen molar-refractivity contribution in [2.45, 2.75) is 13.0 Å². The van der Waals surface area contributed by atoms with Gasteiger partial charge >= 0.3 is 0 Å². The van der Waals surface area contributed by atoms with Crippen LogP contribution >= 0.6 is 15.9 Å². The van der Waals surface area contributed by atoms with E-state index < -0.39 is 6.43 Å². The first kappa shape index (κ1) is 12.3. The second kappa shape index (κ2) is 5.98. The van der Waals surface area contributed by atoms with Crippen LogP contribution in [0.2, 0.25) is 0 Å². The zero-order valence-electron chi connectivity index (χ0n) is 8.14. The zero-order chi connectivity index (χ0) is 11.3. The van der Waals surface area contributed by atoms with Crippen molar-refractivity contribution in [2.75, 3.05) is 6.54 Å². The van der Waals surface area contributed by atoms with Crippen LogP contribution in [-0.4, -0.2) is 6.54 Å². The Hall–Kier alpha value is -0.740. The average molecular weight is 276 g/mol. The molecular weight excluding hydrogens is 264 g/mol. The van der Waals surface area contributed by atoms with Gasteiger partial charge in [-0.2, -0.15) is 0 Å². The van der Waals surface area contributed by atoms with Gasteiger partial charge in [0.2, 0.25) is 0 Å². The Morgan fingerprint density at radius 3 is 2.40 bits per heavy atom. The topological polar surface area (TPSA) is 12.0 Å². The average Bonchev–Trinajstić information content (AvgIpc) is 2.18. The molecule has 82 valence electrons. The van der Waals surface area contributed by atoms with E-state index in [4.69, 9.17) is 0 Å². The first-order valence-electron chi connectivity index (χ1n) is 4.50. The van der Waals surface area contributed by atoms with E-state index in [1.54, 1.807) is 12.1 Å². The van der Waals surface area contributed by atoms with E-state index in [-0.39, 0.29) is 5.56 Å². The number of hydrogen-bond donors (Lipinski definition) is 1. The van der Waals surface area contributed by atoms with Gasteiger partial charge in [-0.1, -0.05) is 46.8 Å². The molecule has 1 aromatic rings.